The van der Waals surface area contributed by atoms with E-state index in [0.717, 1.165) is 50.1 Å². The van der Waals surface area contributed by atoms with Crippen molar-refractivity contribution in [3.8, 4) is 33.4 Å². The minimum absolute atomic E-state index is 0.140. The van der Waals surface area contributed by atoms with Crippen LogP contribution in [0.25, 0.3) is 55.3 Å². The molecule has 1 heterocycles. The molecule has 12 rings (SSSR count). The van der Waals surface area contributed by atoms with Crippen LogP contribution in [0.1, 0.15) is 47.2 Å². The van der Waals surface area contributed by atoms with Crippen LogP contribution < -0.4 is 4.90 Å². The quantitative estimate of drug-likeness (QED) is 0.173. The summed E-state index contributed by atoms with van der Waals surface area (Å²) in [5, 5.41) is 2.27. The molecule has 60 heavy (non-hydrogen) atoms. The minimum atomic E-state index is -0.443. The lowest BCUT2D eigenvalue weighted by molar-refractivity contribution is 0.563. The summed E-state index contributed by atoms with van der Waals surface area (Å²) in [7, 11) is 0. The average molecular weight is 768 g/mol. The number of hydrogen-bond acceptors (Lipinski definition) is 2. The highest BCUT2D eigenvalue weighted by atomic mass is 16.3. The number of hydrogen-bond donors (Lipinski definition) is 0. The third kappa shape index (κ3) is 4.88. The molecule has 1 spiro atoms. The van der Waals surface area contributed by atoms with Gasteiger partial charge in [-0.25, -0.2) is 0 Å². The second-order valence-corrected chi connectivity index (χ2v) is 16.8. The topological polar surface area (TPSA) is 16.4 Å². The van der Waals surface area contributed by atoms with Crippen LogP contribution in [0.5, 0.6) is 0 Å². The van der Waals surface area contributed by atoms with E-state index in [2.05, 4.69) is 219 Å². The smallest absolute Gasteiger partial charge is 0.136 e. The van der Waals surface area contributed by atoms with Crippen molar-refractivity contribution in [3.05, 3.63) is 246 Å². The van der Waals surface area contributed by atoms with Gasteiger partial charge in [0.2, 0.25) is 0 Å². The standard InChI is InChI=1S/C58H41NO/c1-57(2)49-27-9-11-29-51(49)58(52-30-12-10-28-50(52)57)48-26-8-6-23-45(48)46-34-33-39(37-53(46)58)38-17-14-21-42(35-38)59(41-19-4-3-5-20-41)43-22-15-18-40(36-43)44-25-16-32-55-56(44)47-24-7-13-31-54(47)60-55/h3-37H,1-2H3. The van der Waals surface area contributed by atoms with Crippen molar-refractivity contribution >= 4 is 39.0 Å². The monoisotopic (exact) mass is 767 g/mol. The number of para-hydroxylation sites is 2. The van der Waals surface area contributed by atoms with Crippen LogP contribution in [-0.4, -0.2) is 0 Å². The molecule has 0 saturated heterocycles. The first-order valence-corrected chi connectivity index (χ1v) is 20.9. The zero-order chi connectivity index (χ0) is 40.0. The van der Waals surface area contributed by atoms with Crippen LogP contribution in [0.3, 0.4) is 0 Å². The molecule has 284 valence electrons. The summed E-state index contributed by atoms with van der Waals surface area (Å²) >= 11 is 0. The Morgan fingerprint density at radius 3 is 1.62 bits per heavy atom. The molecule has 2 heteroatoms. The fraction of sp³-hybridized carbons (Fsp3) is 0.0690. The molecule has 0 aliphatic heterocycles. The summed E-state index contributed by atoms with van der Waals surface area (Å²) < 4.78 is 6.30. The molecule has 0 bridgehead atoms. The maximum absolute atomic E-state index is 6.30. The normalized spacial score (nSPS) is 14.1. The molecular formula is C58H41NO. The Morgan fingerprint density at radius 1 is 0.350 bits per heavy atom. The van der Waals surface area contributed by atoms with E-state index in [1.54, 1.807) is 0 Å². The van der Waals surface area contributed by atoms with Gasteiger partial charge in [-0.05, 0) is 121 Å². The van der Waals surface area contributed by atoms with Gasteiger partial charge in [-0.3, -0.25) is 0 Å². The van der Waals surface area contributed by atoms with Gasteiger partial charge < -0.3 is 9.32 Å². The van der Waals surface area contributed by atoms with E-state index in [-0.39, 0.29) is 5.41 Å². The Kier molecular flexibility index (Phi) is 7.52. The molecule has 1 aromatic heterocycles. The number of rotatable bonds is 5. The fourth-order valence-electron chi connectivity index (χ4n) is 10.7. The molecule has 0 N–H and O–H groups in total. The summed E-state index contributed by atoms with van der Waals surface area (Å²) in [6, 6.07) is 78.0. The number of anilines is 3. The molecule has 0 unspecified atom stereocenters. The summed E-state index contributed by atoms with van der Waals surface area (Å²) in [5.74, 6) is 0. The lowest BCUT2D eigenvalue weighted by Gasteiger charge is -2.46. The van der Waals surface area contributed by atoms with Gasteiger partial charge in [0.05, 0.1) is 5.41 Å². The van der Waals surface area contributed by atoms with Gasteiger partial charge in [0.1, 0.15) is 11.2 Å². The number of benzene rings is 9. The highest BCUT2D eigenvalue weighted by Gasteiger charge is 2.53. The Balaban J connectivity index is 1.03. The molecular weight excluding hydrogens is 727 g/mol. The third-order valence-electron chi connectivity index (χ3n) is 13.3. The molecule has 0 saturated carbocycles. The average Bonchev–Trinajstić information content (AvgIpc) is 3.83. The highest BCUT2D eigenvalue weighted by molar-refractivity contribution is 6.12. The van der Waals surface area contributed by atoms with Crippen LogP contribution >= 0.6 is 0 Å². The van der Waals surface area contributed by atoms with E-state index in [9.17, 15) is 0 Å². The van der Waals surface area contributed by atoms with Crippen LogP contribution in [-0.2, 0) is 10.8 Å². The van der Waals surface area contributed by atoms with Crippen molar-refractivity contribution in [2.75, 3.05) is 4.90 Å². The molecule has 2 aliphatic rings. The van der Waals surface area contributed by atoms with Crippen molar-refractivity contribution in [2.45, 2.75) is 24.7 Å². The van der Waals surface area contributed by atoms with Gasteiger partial charge in [0, 0.05) is 33.2 Å². The molecule has 0 amide bonds. The maximum Gasteiger partial charge on any atom is 0.136 e. The van der Waals surface area contributed by atoms with E-state index >= 15 is 0 Å². The Hall–Kier alpha value is -7.42. The minimum Gasteiger partial charge on any atom is -0.456 e. The van der Waals surface area contributed by atoms with E-state index in [4.69, 9.17) is 4.42 Å². The largest absolute Gasteiger partial charge is 0.456 e. The zero-order valence-electron chi connectivity index (χ0n) is 33.6. The van der Waals surface area contributed by atoms with Crippen LogP contribution in [0.2, 0.25) is 0 Å². The van der Waals surface area contributed by atoms with Crippen LogP contribution in [0, 0.1) is 0 Å². The molecule has 10 aromatic rings. The van der Waals surface area contributed by atoms with Gasteiger partial charge in [0.15, 0.2) is 0 Å². The second kappa shape index (κ2) is 13.0. The van der Waals surface area contributed by atoms with Gasteiger partial charge >= 0.3 is 0 Å². The predicted molar refractivity (Wildman–Crippen MR) is 249 cm³/mol. The first kappa shape index (κ1) is 34.6. The van der Waals surface area contributed by atoms with Crippen molar-refractivity contribution in [3.63, 3.8) is 0 Å². The van der Waals surface area contributed by atoms with Crippen LogP contribution in [0.15, 0.2) is 217 Å². The summed E-state index contributed by atoms with van der Waals surface area (Å²) in [4.78, 5) is 2.38. The first-order chi connectivity index (χ1) is 29.5. The molecule has 0 radical (unpaired) electrons. The van der Waals surface area contributed by atoms with E-state index < -0.39 is 5.41 Å². The predicted octanol–water partition coefficient (Wildman–Crippen LogP) is 15.4. The Morgan fingerprint density at radius 2 is 0.867 bits per heavy atom. The molecule has 9 aromatic carbocycles. The summed E-state index contributed by atoms with van der Waals surface area (Å²) in [5.41, 5.74) is 20.0. The van der Waals surface area contributed by atoms with Crippen molar-refractivity contribution in [1.82, 2.24) is 0 Å². The van der Waals surface area contributed by atoms with E-state index in [0.29, 0.717) is 0 Å². The van der Waals surface area contributed by atoms with Gasteiger partial charge in [-0.2, -0.15) is 0 Å². The maximum atomic E-state index is 6.30. The van der Waals surface area contributed by atoms with Crippen LogP contribution in [0.4, 0.5) is 17.1 Å². The lowest BCUT2D eigenvalue weighted by atomic mass is 9.55. The van der Waals surface area contributed by atoms with Crippen molar-refractivity contribution < 1.29 is 4.42 Å². The first-order valence-electron chi connectivity index (χ1n) is 20.9. The highest BCUT2D eigenvalue weighted by Crippen LogP contribution is 2.62. The van der Waals surface area contributed by atoms with Gasteiger partial charge in [0.25, 0.3) is 0 Å². The lowest BCUT2D eigenvalue weighted by Crippen LogP contribution is -2.40. The molecule has 2 nitrogen and oxygen atoms in total. The zero-order valence-corrected chi connectivity index (χ0v) is 33.6. The van der Waals surface area contributed by atoms with Gasteiger partial charge in [-0.1, -0.05) is 172 Å². The number of fused-ring (bicyclic) bond motifs is 12. The summed E-state index contributed by atoms with van der Waals surface area (Å²) in [6.07, 6.45) is 0. The molecule has 0 fully saturated rings. The third-order valence-corrected chi connectivity index (χ3v) is 13.3. The van der Waals surface area contributed by atoms with Crippen molar-refractivity contribution in [2.24, 2.45) is 0 Å². The van der Waals surface area contributed by atoms with Gasteiger partial charge in [-0.15, -0.1) is 0 Å². The second-order valence-electron chi connectivity index (χ2n) is 16.8. The number of furan rings is 1. The van der Waals surface area contributed by atoms with E-state index in [1.165, 1.54) is 55.6 Å². The Labute approximate surface area is 350 Å². The van der Waals surface area contributed by atoms with Crippen molar-refractivity contribution in [1.29, 1.82) is 0 Å². The fourth-order valence-corrected chi connectivity index (χ4v) is 10.7. The molecule has 0 atom stereocenters. The summed E-state index contributed by atoms with van der Waals surface area (Å²) in [6.45, 7) is 4.77. The Bertz CT molecular complexity index is 3260. The molecule has 2 aliphatic carbocycles. The van der Waals surface area contributed by atoms with E-state index in [1.807, 2.05) is 12.1 Å². The SMILES string of the molecule is CC1(C)c2ccccc2C2(c3ccccc3-c3ccc(-c4cccc(N(c5ccccc5)c5cccc(-c6cccc7oc8ccccc8c67)c5)c4)cc32)c2ccccc21. The number of nitrogens with zero attached hydrogens (tertiary/aromatic N) is 1.